The number of quaternary nitrogens is 1. The summed E-state index contributed by atoms with van der Waals surface area (Å²) in [5.41, 5.74) is 1.79. The van der Waals surface area contributed by atoms with Crippen LogP contribution < -0.4 is 15.5 Å². The van der Waals surface area contributed by atoms with Gasteiger partial charge in [-0.2, -0.15) is 0 Å². The highest BCUT2D eigenvalue weighted by atomic mass is 79.9. The van der Waals surface area contributed by atoms with E-state index in [0.29, 0.717) is 6.54 Å². The predicted octanol–water partition coefficient (Wildman–Crippen LogP) is 0.735. The van der Waals surface area contributed by atoms with Crippen molar-refractivity contribution in [2.75, 3.05) is 25.5 Å². The van der Waals surface area contributed by atoms with Crippen molar-refractivity contribution in [1.29, 1.82) is 0 Å². The Labute approximate surface area is 134 Å². The number of aryl methyl sites for hydroxylation is 1. The number of hydrogen-bond acceptors (Lipinski definition) is 2. The van der Waals surface area contributed by atoms with Gasteiger partial charge < -0.3 is 15.5 Å². The number of amides is 2. The van der Waals surface area contributed by atoms with Crippen LogP contribution in [0.2, 0.25) is 0 Å². The van der Waals surface area contributed by atoms with Crippen LogP contribution in [0.1, 0.15) is 19.4 Å². The van der Waals surface area contributed by atoms with E-state index in [0.717, 1.165) is 20.6 Å². The monoisotopic (exact) mass is 356 g/mol. The highest BCUT2D eigenvalue weighted by Crippen LogP contribution is 2.19. The van der Waals surface area contributed by atoms with Gasteiger partial charge in [-0.1, -0.05) is 15.9 Å². The van der Waals surface area contributed by atoms with Crippen LogP contribution in [-0.2, 0) is 9.59 Å². The fourth-order valence-electron chi connectivity index (χ4n) is 1.92. The Morgan fingerprint density at radius 1 is 1.38 bits per heavy atom. The molecule has 1 rings (SSSR count). The molecule has 0 radical (unpaired) electrons. The van der Waals surface area contributed by atoms with E-state index < -0.39 is 0 Å². The second-order valence-corrected chi connectivity index (χ2v) is 6.06. The molecule has 1 aromatic carbocycles. The molecule has 6 heteroatoms. The minimum atomic E-state index is -0.262. The van der Waals surface area contributed by atoms with Crippen molar-refractivity contribution in [3.8, 4) is 0 Å². The number of likely N-dealkylation sites (N-methyl/N-ethyl adjacent to an activating group) is 2. The van der Waals surface area contributed by atoms with Gasteiger partial charge in [0.25, 0.3) is 11.8 Å². The van der Waals surface area contributed by atoms with Gasteiger partial charge in [0.2, 0.25) is 0 Å². The van der Waals surface area contributed by atoms with Gasteiger partial charge in [0.1, 0.15) is 0 Å². The molecule has 0 saturated heterocycles. The lowest BCUT2D eigenvalue weighted by molar-refractivity contribution is -0.885. The number of nitrogens with one attached hydrogen (secondary N) is 3. The van der Waals surface area contributed by atoms with Crippen molar-refractivity contribution in [2.24, 2.45) is 0 Å². The Bertz CT molecular complexity index is 520. The molecule has 1 unspecified atom stereocenters. The van der Waals surface area contributed by atoms with E-state index in [1.54, 1.807) is 0 Å². The van der Waals surface area contributed by atoms with E-state index in [1.165, 1.54) is 0 Å². The van der Waals surface area contributed by atoms with Crippen LogP contribution in [0.3, 0.4) is 0 Å². The summed E-state index contributed by atoms with van der Waals surface area (Å²) in [6, 6.07) is 5.43. The molecule has 5 nitrogen and oxygen atoms in total. The summed E-state index contributed by atoms with van der Waals surface area (Å²) in [7, 11) is 1.84. The topological polar surface area (TPSA) is 62.6 Å². The number of halogens is 1. The van der Waals surface area contributed by atoms with Gasteiger partial charge >= 0.3 is 0 Å². The molecule has 1 aromatic rings. The Morgan fingerprint density at radius 3 is 2.62 bits per heavy atom. The fourth-order valence-corrected chi connectivity index (χ4v) is 2.39. The molecule has 0 aliphatic rings. The maximum atomic E-state index is 12.1. The molecular formula is C15H23BrN3O2+. The normalized spacial score (nSPS) is 13.4. The van der Waals surface area contributed by atoms with Crippen molar-refractivity contribution in [2.45, 2.75) is 26.8 Å². The van der Waals surface area contributed by atoms with Crippen LogP contribution in [0.4, 0.5) is 5.69 Å². The van der Waals surface area contributed by atoms with E-state index in [1.807, 2.05) is 46.0 Å². The van der Waals surface area contributed by atoms with E-state index in [9.17, 15) is 9.59 Å². The van der Waals surface area contributed by atoms with Gasteiger partial charge in [-0.3, -0.25) is 9.59 Å². The first-order valence-corrected chi connectivity index (χ1v) is 7.80. The highest BCUT2D eigenvalue weighted by molar-refractivity contribution is 9.10. The Kier molecular flexibility index (Phi) is 6.84. The van der Waals surface area contributed by atoms with Gasteiger partial charge in [-0.25, -0.2) is 0 Å². The van der Waals surface area contributed by atoms with Gasteiger partial charge in [-0.15, -0.1) is 0 Å². The molecule has 0 spiro atoms. The van der Waals surface area contributed by atoms with Crippen LogP contribution in [0, 0.1) is 6.92 Å². The van der Waals surface area contributed by atoms with Crippen LogP contribution in [0.15, 0.2) is 22.7 Å². The maximum Gasteiger partial charge on any atom is 0.279 e. The van der Waals surface area contributed by atoms with Gasteiger partial charge in [0.15, 0.2) is 12.6 Å². The number of benzene rings is 1. The summed E-state index contributed by atoms with van der Waals surface area (Å²) in [6.45, 7) is 6.48. The molecule has 0 aliphatic heterocycles. The van der Waals surface area contributed by atoms with Crippen molar-refractivity contribution in [1.82, 2.24) is 5.32 Å². The summed E-state index contributed by atoms with van der Waals surface area (Å²) >= 11 is 3.39. The zero-order valence-electron chi connectivity index (χ0n) is 12.9. The second-order valence-electron chi connectivity index (χ2n) is 5.15. The highest BCUT2D eigenvalue weighted by Gasteiger charge is 2.23. The van der Waals surface area contributed by atoms with E-state index in [4.69, 9.17) is 0 Å². The summed E-state index contributed by atoms with van der Waals surface area (Å²) in [5.74, 6) is -0.142. The average Bonchev–Trinajstić information content (AvgIpc) is 2.41. The molecule has 0 bridgehead atoms. The third kappa shape index (κ3) is 5.47. The molecule has 3 N–H and O–H groups in total. The summed E-state index contributed by atoms with van der Waals surface area (Å²) in [6.07, 6.45) is 0. The number of anilines is 1. The third-order valence-corrected chi connectivity index (χ3v) is 3.88. The van der Waals surface area contributed by atoms with Gasteiger partial charge in [0.05, 0.1) is 7.05 Å². The molecule has 0 aromatic heterocycles. The van der Waals surface area contributed by atoms with E-state index >= 15 is 0 Å². The molecular weight excluding hydrogens is 334 g/mol. The van der Waals surface area contributed by atoms with Crippen LogP contribution >= 0.6 is 15.9 Å². The Balaban J connectivity index is 2.58. The SMILES string of the molecule is CCNC(=O)[C@H](C)[NH+](C)CC(=O)Nc1ccc(Br)cc1C. The molecule has 0 fully saturated rings. The van der Waals surface area contributed by atoms with Crippen molar-refractivity contribution < 1.29 is 14.5 Å². The van der Waals surface area contributed by atoms with Crippen LogP contribution in [0.25, 0.3) is 0 Å². The lowest BCUT2D eigenvalue weighted by Crippen LogP contribution is -3.15. The fraction of sp³-hybridized carbons (Fsp3) is 0.467. The first-order valence-electron chi connectivity index (χ1n) is 7.01. The van der Waals surface area contributed by atoms with Crippen molar-refractivity contribution in [3.05, 3.63) is 28.2 Å². The zero-order valence-corrected chi connectivity index (χ0v) is 14.5. The standard InChI is InChI=1S/C15H22BrN3O2/c1-5-17-15(21)11(3)19(4)9-14(20)18-13-7-6-12(16)8-10(13)2/h6-8,11H,5,9H2,1-4H3,(H,17,21)(H,18,20)/p+1/t11-/m0/s1. The summed E-state index contributed by atoms with van der Waals surface area (Å²) < 4.78 is 0.977. The van der Waals surface area contributed by atoms with Gasteiger partial charge in [-0.05, 0) is 44.5 Å². The number of carbonyl (C=O) groups excluding carboxylic acids is 2. The quantitative estimate of drug-likeness (QED) is 0.703. The molecule has 116 valence electrons. The second kappa shape index (κ2) is 8.14. The molecule has 21 heavy (non-hydrogen) atoms. The maximum absolute atomic E-state index is 12.1. The number of rotatable bonds is 6. The minimum absolute atomic E-state index is 0.0392. The molecule has 2 amide bonds. The smallest absolute Gasteiger partial charge is 0.279 e. The largest absolute Gasteiger partial charge is 0.351 e. The minimum Gasteiger partial charge on any atom is -0.351 e. The van der Waals surface area contributed by atoms with Crippen LogP contribution in [0.5, 0.6) is 0 Å². The van der Waals surface area contributed by atoms with Crippen LogP contribution in [-0.4, -0.2) is 38.0 Å². The lowest BCUT2D eigenvalue weighted by Gasteiger charge is -2.20. The number of carbonyl (C=O) groups is 2. The molecule has 0 aliphatic carbocycles. The summed E-state index contributed by atoms with van der Waals surface area (Å²) in [5, 5.41) is 5.65. The summed E-state index contributed by atoms with van der Waals surface area (Å²) in [4.78, 5) is 24.7. The zero-order chi connectivity index (χ0) is 16.0. The Morgan fingerprint density at radius 2 is 2.05 bits per heavy atom. The Hall–Kier alpha value is -1.40. The van der Waals surface area contributed by atoms with Gasteiger partial charge in [0, 0.05) is 16.7 Å². The van der Waals surface area contributed by atoms with E-state index in [2.05, 4.69) is 26.6 Å². The molecule has 2 atom stereocenters. The molecule has 0 saturated carbocycles. The lowest BCUT2D eigenvalue weighted by atomic mass is 10.2. The number of hydrogen-bond donors (Lipinski definition) is 3. The first-order chi connectivity index (χ1) is 9.85. The first kappa shape index (κ1) is 17.7. The average molecular weight is 357 g/mol. The van der Waals surface area contributed by atoms with Crippen molar-refractivity contribution in [3.63, 3.8) is 0 Å². The third-order valence-electron chi connectivity index (χ3n) is 3.39. The van der Waals surface area contributed by atoms with Crippen molar-refractivity contribution >= 4 is 33.4 Å². The predicted molar refractivity (Wildman–Crippen MR) is 87.4 cm³/mol. The molecule has 0 heterocycles. The van der Waals surface area contributed by atoms with E-state index in [-0.39, 0.29) is 24.4 Å².